The van der Waals surface area contributed by atoms with Gasteiger partial charge in [-0.25, -0.2) is 8.42 Å². The van der Waals surface area contributed by atoms with Crippen LogP contribution in [0, 0.1) is 0 Å². The normalized spacial score (nSPS) is 21.7. The summed E-state index contributed by atoms with van der Waals surface area (Å²) in [6, 6.07) is 9.77. The molecule has 0 aliphatic carbocycles. The number of nitrogens with zero attached hydrogens (tertiary/aromatic N) is 4. The number of hydrogen-bond acceptors (Lipinski definition) is 6. The van der Waals surface area contributed by atoms with Crippen LogP contribution in [0.2, 0.25) is 0 Å². The number of carbonyl (C=O) groups is 2. The molecule has 2 heterocycles. The lowest BCUT2D eigenvalue weighted by Crippen LogP contribution is -2.55. The van der Waals surface area contributed by atoms with Crippen molar-refractivity contribution in [1.29, 1.82) is 0 Å². The van der Waals surface area contributed by atoms with Crippen molar-refractivity contribution in [3.63, 3.8) is 0 Å². The standard InChI is InChI=1S/C21H32N4O4S/c1-22(2)9-14-25(19-8-15-30(28,29)17-19)21(27)20(26)24-12-10-23(11-13-24)16-18-6-4-3-5-7-18/h3-7,19H,8-17H2,1-2H3. The molecule has 1 aromatic carbocycles. The Kier molecular flexibility index (Phi) is 7.49. The van der Waals surface area contributed by atoms with E-state index in [9.17, 15) is 18.0 Å². The van der Waals surface area contributed by atoms with Gasteiger partial charge >= 0.3 is 11.8 Å². The first-order valence-corrected chi connectivity index (χ1v) is 12.3. The molecule has 30 heavy (non-hydrogen) atoms. The minimum absolute atomic E-state index is 0.0513. The quantitative estimate of drug-likeness (QED) is 0.580. The van der Waals surface area contributed by atoms with Crippen LogP contribution in [-0.2, 0) is 26.0 Å². The second kappa shape index (κ2) is 9.89. The highest BCUT2D eigenvalue weighted by Crippen LogP contribution is 2.19. The Bertz CT molecular complexity index is 836. The van der Waals surface area contributed by atoms with E-state index in [2.05, 4.69) is 17.0 Å². The summed E-state index contributed by atoms with van der Waals surface area (Å²) in [5.41, 5.74) is 1.23. The van der Waals surface area contributed by atoms with Gasteiger partial charge in [0.15, 0.2) is 9.84 Å². The molecule has 3 rings (SSSR count). The smallest absolute Gasteiger partial charge is 0.312 e. The molecule has 1 aromatic rings. The zero-order valence-electron chi connectivity index (χ0n) is 17.9. The molecule has 166 valence electrons. The molecule has 8 nitrogen and oxygen atoms in total. The van der Waals surface area contributed by atoms with Gasteiger partial charge in [-0.3, -0.25) is 14.5 Å². The summed E-state index contributed by atoms with van der Waals surface area (Å²) >= 11 is 0. The molecule has 2 saturated heterocycles. The molecule has 0 bridgehead atoms. The molecule has 2 fully saturated rings. The van der Waals surface area contributed by atoms with E-state index in [0.29, 0.717) is 45.7 Å². The molecule has 2 aliphatic rings. The van der Waals surface area contributed by atoms with E-state index in [-0.39, 0.29) is 11.5 Å². The Morgan fingerprint density at radius 1 is 1.03 bits per heavy atom. The largest absolute Gasteiger partial charge is 0.332 e. The lowest BCUT2D eigenvalue weighted by molar-refractivity contribution is -0.154. The van der Waals surface area contributed by atoms with Gasteiger partial charge in [-0.15, -0.1) is 0 Å². The molecule has 0 spiro atoms. The van der Waals surface area contributed by atoms with Crippen LogP contribution in [0.5, 0.6) is 0 Å². The van der Waals surface area contributed by atoms with Crippen molar-refractivity contribution in [3.8, 4) is 0 Å². The van der Waals surface area contributed by atoms with Crippen LogP contribution in [0.25, 0.3) is 0 Å². The van der Waals surface area contributed by atoms with Crippen molar-refractivity contribution >= 4 is 21.7 Å². The van der Waals surface area contributed by atoms with E-state index >= 15 is 0 Å². The fourth-order valence-corrected chi connectivity index (χ4v) is 5.72. The van der Waals surface area contributed by atoms with Crippen molar-refractivity contribution in [3.05, 3.63) is 35.9 Å². The van der Waals surface area contributed by atoms with Crippen LogP contribution < -0.4 is 0 Å². The molecule has 2 amide bonds. The summed E-state index contributed by atoms with van der Waals surface area (Å²) in [4.78, 5) is 33.3. The van der Waals surface area contributed by atoms with Crippen molar-refractivity contribution in [2.45, 2.75) is 19.0 Å². The van der Waals surface area contributed by atoms with Crippen LogP contribution in [0.1, 0.15) is 12.0 Å². The average molecular weight is 437 g/mol. The molecule has 9 heteroatoms. The lowest BCUT2D eigenvalue weighted by Gasteiger charge is -2.36. The van der Waals surface area contributed by atoms with Crippen LogP contribution >= 0.6 is 0 Å². The van der Waals surface area contributed by atoms with Gasteiger partial charge in [-0.05, 0) is 26.1 Å². The third-order valence-electron chi connectivity index (χ3n) is 5.79. The predicted molar refractivity (Wildman–Crippen MR) is 116 cm³/mol. The van der Waals surface area contributed by atoms with Gasteiger partial charge in [0.25, 0.3) is 0 Å². The minimum atomic E-state index is -3.14. The molecule has 0 radical (unpaired) electrons. The van der Waals surface area contributed by atoms with E-state index < -0.39 is 27.7 Å². The van der Waals surface area contributed by atoms with Crippen molar-refractivity contribution < 1.29 is 18.0 Å². The van der Waals surface area contributed by atoms with Gasteiger partial charge in [0.05, 0.1) is 11.5 Å². The highest BCUT2D eigenvalue weighted by Gasteiger charge is 2.38. The third kappa shape index (κ3) is 6.02. The van der Waals surface area contributed by atoms with Gasteiger partial charge in [0, 0.05) is 51.9 Å². The molecular formula is C21H32N4O4S. The first kappa shape index (κ1) is 22.7. The maximum absolute atomic E-state index is 13.0. The average Bonchev–Trinajstić information content (AvgIpc) is 3.08. The van der Waals surface area contributed by atoms with Crippen LogP contribution in [0.4, 0.5) is 0 Å². The number of benzene rings is 1. The van der Waals surface area contributed by atoms with E-state index in [1.165, 1.54) is 10.5 Å². The maximum atomic E-state index is 13.0. The van der Waals surface area contributed by atoms with Gasteiger partial charge < -0.3 is 14.7 Å². The van der Waals surface area contributed by atoms with E-state index in [4.69, 9.17) is 0 Å². The van der Waals surface area contributed by atoms with Crippen LogP contribution in [0.3, 0.4) is 0 Å². The monoisotopic (exact) mass is 436 g/mol. The summed E-state index contributed by atoms with van der Waals surface area (Å²) in [6.45, 7) is 4.19. The summed E-state index contributed by atoms with van der Waals surface area (Å²) in [5, 5.41) is 0. The van der Waals surface area contributed by atoms with Gasteiger partial charge in [0.1, 0.15) is 0 Å². The first-order valence-electron chi connectivity index (χ1n) is 10.5. The second-order valence-electron chi connectivity index (χ2n) is 8.41. The van der Waals surface area contributed by atoms with Gasteiger partial charge in [-0.2, -0.15) is 0 Å². The number of piperazine rings is 1. The van der Waals surface area contributed by atoms with Crippen molar-refractivity contribution in [2.75, 3.05) is 64.9 Å². The Hall–Kier alpha value is -1.97. The summed E-state index contributed by atoms with van der Waals surface area (Å²) in [7, 11) is 0.642. The number of sulfone groups is 1. The predicted octanol–water partition coefficient (Wildman–Crippen LogP) is -0.0919. The summed E-state index contributed by atoms with van der Waals surface area (Å²) in [5.74, 6) is -1.06. The lowest BCUT2D eigenvalue weighted by atomic mass is 10.2. The molecule has 2 aliphatic heterocycles. The molecule has 0 N–H and O–H groups in total. The van der Waals surface area contributed by atoms with Gasteiger partial charge in [-0.1, -0.05) is 30.3 Å². The fourth-order valence-electron chi connectivity index (χ4n) is 3.99. The first-order chi connectivity index (χ1) is 14.2. The molecule has 1 unspecified atom stereocenters. The zero-order chi connectivity index (χ0) is 21.7. The molecule has 0 aromatic heterocycles. The maximum Gasteiger partial charge on any atom is 0.312 e. The topological polar surface area (TPSA) is 81.2 Å². The Morgan fingerprint density at radius 3 is 2.27 bits per heavy atom. The van der Waals surface area contributed by atoms with Gasteiger partial charge in [0.2, 0.25) is 0 Å². The highest BCUT2D eigenvalue weighted by atomic mass is 32.2. The number of amides is 2. The molecule has 0 saturated carbocycles. The van der Waals surface area contributed by atoms with E-state index in [0.717, 1.165) is 6.54 Å². The second-order valence-corrected chi connectivity index (χ2v) is 10.6. The summed E-state index contributed by atoms with van der Waals surface area (Å²) < 4.78 is 23.8. The highest BCUT2D eigenvalue weighted by molar-refractivity contribution is 7.91. The SMILES string of the molecule is CN(C)CCN(C(=O)C(=O)N1CCN(Cc2ccccc2)CC1)C1CCS(=O)(=O)C1. The van der Waals surface area contributed by atoms with Crippen molar-refractivity contribution in [2.24, 2.45) is 0 Å². The Labute approximate surface area is 179 Å². The number of hydrogen-bond donors (Lipinski definition) is 0. The van der Waals surface area contributed by atoms with Crippen LogP contribution in [0.15, 0.2) is 30.3 Å². The van der Waals surface area contributed by atoms with E-state index in [1.54, 1.807) is 4.90 Å². The Morgan fingerprint density at radius 2 is 1.70 bits per heavy atom. The summed E-state index contributed by atoms with van der Waals surface area (Å²) in [6.07, 6.45) is 0.402. The zero-order valence-corrected chi connectivity index (χ0v) is 18.7. The van der Waals surface area contributed by atoms with E-state index in [1.807, 2.05) is 37.2 Å². The minimum Gasteiger partial charge on any atom is -0.332 e. The van der Waals surface area contributed by atoms with Crippen LogP contribution in [-0.4, -0.2) is 111 Å². The fraction of sp³-hybridized carbons (Fsp3) is 0.619. The van der Waals surface area contributed by atoms with Crippen molar-refractivity contribution in [1.82, 2.24) is 19.6 Å². The molecular weight excluding hydrogens is 404 g/mol. The molecule has 1 atom stereocenters. The Balaban J connectivity index is 1.58. The number of likely N-dealkylation sites (N-methyl/N-ethyl adjacent to an activating group) is 1. The third-order valence-corrected chi connectivity index (χ3v) is 7.54. The number of rotatable bonds is 6. The number of carbonyl (C=O) groups excluding carboxylic acids is 2.